The highest BCUT2D eigenvalue weighted by atomic mass is 32.1. The van der Waals surface area contributed by atoms with Gasteiger partial charge < -0.3 is 4.98 Å². The standard InChI is InChI=1S/C18H15N5OS/c1-11-7-13(3-4-15(11)23-10-19-9-20-23)8-12(2)16-21-17(24)14-5-6-25-18(14)22-16/h3-10H,1-2H3,(H,21,22,24)/b12-8-. The molecule has 0 saturated heterocycles. The molecule has 0 aliphatic heterocycles. The van der Waals surface area contributed by atoms with E-state index in [2.05, 4.69) is 26.1 Å². The van der Waals surface area contributed by atoms with Gasteiger partial charge in [0, 0.05) is 0 Å². The molecular formula is C18H15N5OS. The van der Waals surface area contributed by atoms with Crippen LogP contribution in [0.25, 0.3) is 27.6 Å². The predicted molar refractivity (Wildman–Crippen MR) is 99.9 cm³/mol. The first-order valence-corrected chi connectivity index (χ1v) is 8.61. The molecule has 3 aromatic heterocycles. The highest BCUT2D eigenvalue weighted by Gasteiger charge is 2.07. The minimum absolute atomic E-state index is 0.105. The van der Waals surface area contributed by atoms with Crippen molar-refractivity contribution in [3.8, 4) is 5.69 Å². The second-order valence-corrected chi connectivity index (χ2v) is 6.66. The van der Waals surface area contributed by atoms with Gasteiger partial charge in [-0.15, -0.1) is 11.3 Å². The molecule has 0 aliphatic rings. The molecule has 0 spiro atoms. The Hall–Kier alpha value is -3.06. The molecule has 0 bridgehead atoms. The number of aromatic amines is 1. The lowest BCUT2D eigenvalue weighted by Crippen LogP contribution is -2.09. The maximum absolute atomic E-state index is 12.1. The third-order valence-electron chi connectivity index (χ3n) is 3.98. The number of thiophene rings is 1. The Kier molecular flexibility index (Phi) is 3.77. The van der Waals surface area contributed by atoms with Gasteiger partial charge in [0.2, 0.25) is 0 Å². The molecule has 0 saturated carbocycles. The van der Waals surface area contributed by atoms with Crippen molar-refractivity contribution in [1.82, 2.24) is 24.7 Å². The van der Waals surface area contributed by atoms with E-state index in [4.69, 9.17) is 0 Å². The SMILES string of the molecule is C/C(=C/c1ccc(-n2cncn2)c(C)c1)c1nc2sccc2c(=O)[nH]1. The summed E-state index contributed by atoms with van der Waals surface area (Å²) in [6, 6.07) is 7.88. The van der Waals surface area contributed by atoms with Crippen molar-refractivity contribution in [2.24, 2.45) is 0 Å². The van der Waals surface area contributed by atoms with Gasteiger partial charge in [-0.2, -0.15) is 5.10 Å². The first kappa shape index (κ1) is 15.5. The minimum Gasteiger partial charge on any atom is -0.306 e. The molecule has 1 aromatic carbocycles. The first-order chi connectivity index (χ1) is 12.1. The number of hydrogen-bond donors (Lipinski definition) is 1. The zero-order chi connectivity index (χ0) is 17.4. The molecule has 4 aromatic rings. The van der Waals surface area contributed by atoms with E-state index < -0.39 is 0 Å². The van der Waals surface area contributed by atoms with Crippen LogP contribution in [0.4, 0.5) is 0 Å². The zero-order valence-electron chi connectivity index (χ0n) is 13.7. The smallest absolute Gasteiger partial charge is 0.259 e. The first-order valence-electron chi connectivity index (χ1n) is 7.73. The molecule has 1 N–H and O–H groups in total. The van der Waals surface area contributed by atoms with Crippen molar-refractivity contribution in [2.75, 3.05) is 0 Å². The van der Waals surface area contributed by atoms with E-state index in [9.17, 15) is 4.79 Å². The highest BCUT2D eigenvalue weighted by Crippen LogP contribution is 2.21. The summed E-state index contributed by atoms with van der Waals surface area (Å²) in [6.07, 6.45) is 5.20. The van der Waals surface area contributed by atoms with Crippen LogP contribution < -0.4 is 5.56 Å². The summed E-state index contributed by atoms with van der Waals surface area (Å²) in [5, 5.41) is 6.67. The molecule has 4 rings (SSSR count). The summed E-state index contributed by atoms with van der Waals surface area (Å²) in [5.41, 5.74) is 3.90. The van der Waals surface area contributed by atoms with Crippen LogP contribution in [-0.4, -0.2) is 24.7 Å². The number of nitrogens with zero attached hydrogens (tertiary/aromatic N) is 4. The number of rotatable bonds is 3. The van der Waals surface area contributed by atoms with Crippen molar-refractivity contribution in [2.45, 2.75) is 13.8 Å². The van der Waals surface area contributed by atoms with Crippen molar-refractivity contribution >= 4 is 33.2 Å². The van der Waals surface area contributed by atoms with Gasteiger partial charge in [0.1, 0.15) is 23.3 Å². The molecule has 0 unspecified atom stereocenters. The normalized spacial score (nSPS) is 12.0. The number of nitrogens with one attached hydrogen (secondary N) is 1. The van der Waals surface area contributed by atoms with Crippen LogP contribution in [0.1, 0.15) is 23.9 Å². The van der Waals surface area contributed by atoms with Gasteiger partial charge in [-0.05, 0) is 60.2 Å². The van der Waals surface area contributed by atoms with Gasteiger partial charge in [-0.25, -0.2) is 14.6 Å². The minimum atomic E-state index is -0.105. The summed E-state index contributed by atoms with van der Waals surface area (Å²) >= 11 is 1.47. The summed E-state index contributed by atoms with van der Waals surface area (Å²) in [4.78, 5) is 24.2. The third-order valence-corrected chi connectivity index (χ3v) is 4.78. The topological polar surface area (TPSA) is 76.5 Å². The second kappa shape index (κ2) is 6.10. The number of hydrogen-bond acceptors (Lipinski definition) is 5. The molecule has 0 fully saturated rings. The average Bonchev–Trinajstić information content (AvgIpc) is 3.26. The van der Waals surface area contributed by atoms with E-state index in [1.165, 1.54) is 17.7 Å². The largest absolute Gasteiger partial charge is 0.306 e. The Bertz CT molecular complexity index is 1140. The summed E-state index contributed by atoms with van der Waals surface area (Å²) in [7, 11) is 0. The van der Waals surface area contributed by atoms with Gasteiger partial charge in [0.25, 0.3) is 5.56 Å². The fraction of sp³-hybridized carbons (Fsp3) is 0.111. The van der Waals surface area contributed by atoms with Gasteiger partial charge in [-0.3, -0.25) is 4.79 Å². The number of allylic oxidation sites excluding steroid dienone is 1. The zero-order valence-corrected chi connectivity index (χ0v) is 14.5. The fourth-order valence-corrected chi connectivity index (χ4v) is 3.49. The van der Waals surface area contributed by atoms with Crippen LogP contribution in [0.2, 0.25) is 0 Å². The van der Waals surface area contributed by atoms with Gasteiger partial charge in [-0.1, -0.05) is 6.07 Å². The number of fused-ring (bicyclic) bond motifs is 1. The Morgan fingerprint density at radius 1 is 1.32 bits per heavy atom. The lowest BCUT2D eigenvalue weighted by molar-refractivity contribution is 0.871. The monoisotopic (exact) mass is 349 g/mol. The Labute approximate surface area is 147 Å². The molecule has 124 valence electrons. The van der Waals surface area contributed by atoms with E-state index >= 15 is 0 Å². The maximum atomic E-state index is 12.1. The molecule has 0 amide bonds. The fourth-order valence-electron chi connectivity index (χ4n) is 2.73. The summed E-state index contributed by atoms with van der Waals surface area (Å²) < 4.78 is 1.74. The highest BCUT2D eigenvalue weighted by molar-refractivity contribution is 7.16. The van der Waals surface area contributed by atoms with E-state index in [0.717, 1.165) is 27.2 Å². The predicted octanol–water partition coefficient (Wildman–Crippen LogP) is 3.43. The van der Waals surface area contributed by atoms with Crippen molar-refractivity contribution in [3.05, 3.63) is 69.6 Å². The van der Waals surface area contributed by atoms with Crippen LogP contribution >= 0.6 is 11.3 Å². The van der Waals surface area contributed by atoms with E-state index in [1.54, 1.807) is 17.1 Å². The van der Waals surface area contributed by atoms with Crippen LogP contribution in [0.3, 0.4) is 0 Å². The lowest BCUT2D eigenvalue weighted by Gasteiger charge is -2.07. The number of benzene rings is 1. The molecule has 0 aliphatic carbocycles. The molecule has 6 nitrogen and oxygen atoms in total. The van der Waals surface area contributed by atoms with Crippen molar-refractivity contribution in [1.29, 1.82) is 0 Å². The molecule has 0 atom stereocenters. The summed E-state index contributed by atoms with van der Waals surface area (Å²) in [6.45, 7) is 3.97. The van der Waals surface area contributed by atoms with E-state index in [1.807, 2.05) is 37.4 Å². The van der Waals surface area contributed by atoms with Crippen LogP contribution in [0.15, 0.2) is 47.1 Å². The maximum Gasteiger partial charge on any atom is 0.259 e. The lowest BCUT2D eigenvalue weighted by atomic mass is 10.1. The van der Waals surface area contributed by atoms with E-state index in [0.29, 0.717) is 11.2 Å². The van der Waals surface area contributed by atoms with Crippen molar-refractivity contribution in [3.63, 3.8) is 0 Å². The van der Waals surface area contributed by atoms with Gasteiger partial charge in [0.15, 0.2) is 0 Å². The van der Waals surface area contributed by atoms with E-state index in [-0.39, 0.29) is 5.56 Å². The molecule has 0 radical (unpaired) electrons. The molecule has 25 heavy (non-hydrogen) atoms. The van der Waals surface area contributed by atoms with Crippen LogP contribution in [0.5, 0.6) is 0 Å². The number of aromatic nitrogens is 5. The Morgan fingerprint density at radius 2 is 2.20 bits per heavy atom. The molecule has 3 heterocycles. The Morgan fingerprint density at radius 3 is 2.96 bits per heavy atom. The van der Waals surface area contributed by atoms with Crippen molar-refractivity contribution < 1.29 is 0 Å². The molecular weight excluding hydrogens is 334 g/mol. The third kappa shape index (κ3) is 2.89. The average molecular weight is 349 g/mol. The quantitative estimate of drug-likeness (QED) is 0.615. The Balaban J connectivity index is 1.72. The van der Waals surface area contributed by atoms with Gasteiger partial charge in [0.05, 0.1) is 11.1 Å². The van der Waals surface area contributed by atoms with Gasteiger partial charge >= 0.3 is 0 Å². The number of aryl methyl sites for hydroxylation is 1. The van der Waals surface area contributed by atoms with Crippen LogP contribution in [0, 0.1) is 6.92 Å². The molecule has 7 heteroatoms. The number of H-pyrrole nitrogens is 1. The van der Waals surface area contributed by atoms with Crippen LogP contribution in [-0.2, 0) is 0 Å². The summed E-state index contributed by atoms with van der Waals surface area (Å²) in [5.74, 6) is 0.595. The second-order valence-electron chi connectivity index (χ2n) is 5.77.